The summed E-state index contributed by atoms with van der Waals surface area (Å²) in [6.07, 6.45) is 15.4. The first-order valence-corrected chi connectivity index (χ1v) is 23.0. The quantitative estimate of drug-likeness (QED) is 0.195. The summed E-state index contributed by atoms with van der Waals surface area (Å²) in [6.45, 7) is 34.4. The molecule has 0 aromatic rings. The van der Waals surface area contributed by atoms with Crippen LogP contribution in [0.1, 0.15) is 48.0 Å². The van der Waals surface area contributed by atoms with Crippen LogP contribution in [-0.4, -0.2) is 37.6 Å². The number of hydrogen-bond donors (Lipinski definition) is 0. The Morgan fingerprint density at radius 3 is 1.11 bits per heavy atom. The average molecular weight is 606 g/mol. The summed E-state index contributed by atoms with van der Waals surface area (Å²) in [4.78, 5) is 9.34. The van der Waals surface area contributed by atoms with Gasteiger partial charge in [0.05, 0.1) is 8.07 Å². The third kappa shape index (κ3) is 13.9. The third-order valence-corrected chi connectivity index (χ3v) is 12.0. The van der Waals surface area contributed by atoms with Crippen molar-refractivity contribution in [2.75, 3.05) is 13.1 Å². The van der Waals surface area contributed by atoms with Crippen molar-refractivity contribution in [2.24, 2.45) is 10.8 Å². The SMILES string of the molecule is CC(C)(C)[C]1[CH][CH][C]([Si](C)(C)[C]2[CH][CH][C](C(C)(C)C)[CH]2)[CH]1.C[Si](C)(C)[N-]CCC[N-][Si](C)(C)C.[Zr+4]. The smallest absolute Gasteiger partial charge is 0.665 e. The molecule has 2 saturated carbocycles. The average Bonchev–Trinajstić information content (AvgIpc) is 3.29. The van der Waals surface area contributed by atoms with Crippen LogP contribution in [0.5, 0.6) is 0 Å². The van der Waals surface area contributed by atoms with Gasteiger partial charge in [0.25, 0.3) is 0 Å². The molecule has 2 fully saturated rings. The van der Waals surface area contributed by atoms with Gasteiger partial charge in [-0.1, -0.05) is 117 Å². The number of hydrogen-bond acceptors (Lipinski definition) is 0. The first-order valence-electron chi connectivity index (χ1n) is 13.1. The summed E-state index contributed by atoms with van der Waals surface area (Å²) in [7, 11) is -3.89. The Bertz CT molecular complexity index is 547. The predicted octanol–water partition coefficient (Wildman–Crippen LogP) is 9.21. The molecule has 0 heterocycles. The molecule has 0 bridgehead atoms. The van der Waals surface area contributed by atoms with E-state index in [1.165, 1.54) is 11.8 Å². The molecular formula is C29H54N2Si3Zr+2. The molecule has 35 heavy (non-hydrogen) atoms. The Morgan fingerprint density at radius 1 is 0.571 bits per heavy atom. The van der Waals surface area contributed by atoms with E-state index in [-0.39, 0.29) is 37.0 Å². The summed E-state index contributed by atoms with van der Waals surface area (Å²) >= 11 is 0. The normalized spacial score (nSPS) is 20.1. The van der Waals surface area contributed by atoms with Crippen molar-refractivity contribution >= 4 is 24.5 Å². The molecule has 0 aliphatic heterocycles. The van der Waals surface area contributed by atoms with Crippen LogP contribution in [0, 0.1) is 72.3 Å². The molecule has 0 unspecified atom stereocenters. The second-order valence-electron chi connectivity index (χ2n) is 14.4. The second kappa shape index (κ2) is 14.2. The van der Waals surface area contributed by atoms with Crippen molar-refractivity contribution in [1.29, 1.82) is 0 Å². The Kier molecular flexibility index (Phi) is 14.8. The maximum Gasteiger partial charge on any atom is 4.00 e. The summed E-state index contributed by atoms with van der Waals surface area (Å²) in [5.74, 6) is 2.92. The van der Waals surface area contributed by atoms with E-state index in [1.807, 2.05) is 0 Å². The van der Waals surface area contributed by atoms with Crippen LogP contribution in [0.2, 0.25) is 52.4 Å². The monoisotopic (exact) mass is 604 g/mol. The van der Waals surface area contributed by atoms with Gasteiger partial charge in [-0.05, 0) is 72.3 Å². The van der Waals surface area contributed by atoms with Gasteiger partial charge < -0.3 is 9.96 Å². The van der Waals surface area contributed by atoms with Crippen molar-refractivity contribution in [2.45, 2.75) is 100 Å². The molecule has 0 N–H and O–H groups in total. The zero-order valence-corrected chi connectivity index (χ0v) is 30.9. The molecular weight excluding hydrogens is 552 g/mol. The van der Waals surface area contributed by atoms with Crippen molar-refractivity contribution < 1.29 is 26.2 Å². The Morgan fingerprint density at radius 2 is 0.886 bits per heavy atom. The van der Waals surface area contributed by atoms with E-state index >= 15 is 0 Å². The van der Waals surface area contributed by atoms with Gasteiger partial charge in [0, 0.05) is 0 Å². The van der Waals surface area contributed by atoms with E-state index in [9.17, 15) is 0 Å². The zero-order chi connectivity index (χ0) is 26.6. The minimum Gasteiger partial charge on any atom is -0.665 e. The predicted molar refractivity (Wildman–Crippen MR) is 163 cm³/mol. The van der Waals surface area contributed by atoms with Gasteiger partial charge >= 0.3 is 26.2 Å². The standard InChI is InChI=1S/C20H30Si.C9H24N2Si2.Zr/c1-19(2,3)15-9-11-17(13-15)21(7,8)18-12-10-16(14-18)20(4,5)6;1-12(2,3)10-8-7-9-11-13(4,5)6;/h9-14H,1-8H3;7-9H2,1-6H3;/q;-2;+4. The fraction of sp³-hybridized carbons (Fsp3) is 0.655. The molecule has 194 valence electrons. The van der Waals surface area contributed by atoms with E-state index in [4.69, 9.17) is 0 Å². The third-order valence-electron chi connectivity index (χ3n) is 6.17. The molecule has 2 rings (SSSR count). The largest absolute Gasteiger partial charge is 4.00 e. The van der Waals surface area contributed by atoms with Crippen LogP contribution in [0.4, 0.5) is 0 Å². The van der Waals surface area contributed by atoms with Crippen LogP contribution in [-0.2, 0) is 26.2 Å². The van der Waals surface area contributed by atoms with E-state index in [1.54, 1.807) is 11.1 Å². The van der Waals surface area contributed by atoms with Gasteiger partial charge in [-0.2, -0.15) is 13.1 Å². The van der Waals surface area contributed by atoms with Crippen molar-refractivity contribution in [3.63, 3.8) is 0 Å². The molecule has 6 heteroatoms. The zero-order valence-electron chi connectivity index (χ0n) is 25.5. The molecule has 0 aromatic carbocycles. The molecule has 2 nitrogen and oxygen atoms in total. The van der Waals surface area contributed by atoms with Gasteiger partial charge in [0.2, 0.25) is 0 Å². The minimum absolute atomic E-state index is 0. The Labute approximate surface area is 245 Å². The maximum absolute atomic E-state index is 4.67. The van der Waals surface area contributed by atoms with Crippen molar-refractivity contribution in [3.05, 3.63) is 71.4 Å². The van der Waals surface area contributed by atoms with Crippen LogP contribution >= 0.6 is 0 Å². The van der Waals surface area contributed by atoms with E-state index in [0.717, 1.165) is 19.5 Å². The Balaban J connectivity index is 0.000000720. The van der Waals surface area contributed by atoms with Gasteiger partial charge in [-0.25, -0.2) is 0 Å². The fourth-order valence-electron chi connectivity index (χ4n) is 3.66. The maximum atomic E-state index is 4.67. The summed E-state index contributed by atoms with van der Waals surface area (Å²) in [6, 6.07) is 0. The molecule has 10 radical (unpaired) electrons. The van der Waals surface area contributed by atoms with Gasteiger partial charge in [-0.15, -0.1) is 0 Å². The van der Waals surface area contributed by atoms with Crippen LogP contribution in [0.25, 0.3) is 9.96 Å². The van der Waals surface area contributed by atoms with Gasteiger partial charge in [-0.3, -0.25) is 0 Å². The molecule has 0 saturated heterocycles. The molecule has 0 atom stereocenters. The van der Waals surface area contributed by atoms with E-state index in [0.29, 0.717) is 0 Å². The molecule has 2 aliphatic carbocycles. The topological polar surface area (TPSA) is 28.2 Å². The number of nitrogens with zero attached hydrogens (tertiary/aromatic N) is 2. The first-order chi connectivity index (χ1) is 15.1. The summed E-state index contributed by atoms with van der Waals surface area (Å²) < 4.78 is 0. The second-order valence-corrected chi connectivity index (χ2v) is 28.1. The van der Waals surface area contributed by atoms with Crippen molar-refractivity contribution in [1.82, 2.24) is 0 Å². The van der Waals surface area contributed by atoms with E-state index in [2.05, 4.69) is 142 Å². The Hall–Kier alpha value is 1.45. The van der Waals surface area contributed by atoms with Crippen molar-refractivity contribution in [3.8, 4) is 0 Å². The van der Waals surface area contributed by atoms with Gasteiger partial charge in [0.1, 0.15) is 0 Å². The van der Waals surface area contributed by atoms with Crippen LogP contribution < -0.4 is 0 Å². The molecule has 0 spiro atoms. The minimum atomic E-state index is -1.57. The van der Waals surface area contributed by atoms with Gasteiger partial charge in [0.15, 0.2) is 0 Å². The molecule has 0 amide bonds. The molecule has 0 aromatic heterocycles. The van der Waals surface area contributed by atoms with E-state index < -0.39 is 24.5 Å². The fourth-order valence-corrected chi connectivity index (χ4v) is 7.69. The number of rotatable bonds is 8. The molecule has 2 aliphatic rings. The summed E-state index contributed by atoms with van der Waals surface area (Å²) in [5, 5.41) is 0. The van der Waals surface area contributed by atoms with Crippen LogP contribution in [0.15, 0.2) is 0 Å². The summed E-state index contributed by atoms with van der Waals surface area (Å²) in [5.41, 5.74) is 3.59. The first kappa shape index (κ1) is 36.5. The van der Waals surface area contributed by atoms with Crippen LogP contribution in [0.3, 0.4) is 0 Å².